The molecule has 2 heterocycles. The van der Waals surface area contributed by atoms with E-state index in [-0.39, 0.29) is 10.8 Å². The first kappa shape index (κ1) is 17.1. The molecule has 0 radical (unpaired) electrons. The van der Waals surface area contributed by atoms with Gasteiger partial charge in [-0.25, -0.2) is 0 Å². The maximum absolute atomic E-state index is 4.91. The second kappa shape index (κ2) is 5.66. The van der Waals surface area contributed by atoms with Gasteiger partial charge in [-0.2, -0.15) is 0 Å². The van der Waals surface area contributed by atoms with E-state index < -0.39 is 0 Å². The lowest BCUT2D eigenvalue weighted by atomic mass is 9.64. The number of benzene rings is 2. The molecule has 29 heavy (non-hydrogen) atoms. The Morgan fingerprint density at radius 3 is 2.52 bits per heavy atom. The van der Waals surface area contributed by atoms with Gasteiger partial charge in [-0.3, -0.25) is 9.97 Å². The number of hydrogen-bond donors (Lipinski definition) is 0. The summed E-state index contributed by atoms with van der Waals surface area (Å²) in [5, 5.41) is 4.01. The van der Waals surface area contributed by atoms with Crippen LogP contribution in [0, 0.1) is 0 Å². The van der Waals surface area contributed by atoms with Crippen LogP contribution in [0.1, 0.15) is 63.1 Å². The molecule has 144 valence electrons. The molecular weight excluding hydrogens is 352 g/mol. The van der Waals surface area contributed by atoms with Crippen molar-refractivity contribution in [3.63, 3.8) is 0 Å². The zero-order chi connectivity index (χ0) is 19.8. The van der Waals surface area contributed by atoms with Crippen molar-refractivity contribution in [2.24, 2.45) is 0 Å². The van der Waals surface area contributed by atoms with Crippen molar-refractivity contribution in [1.29, 1.82) is 0 Å². The van der Waals surface area contributed by atoms with E-state index in [0.717, 1.165) is 11.2 Å². The first-order valence-corrected chi connectivity index (χ1v) is 10.8. The third-order valence-electron chi connectivity index (χ3n) is 7.22. The van der Waals surface area contributed by atoms with Gasteiger partial charge in [0.15, 0.2) is 0 Å². The first-order chi connectivity index (χ1) is 14.0. The van der Waals surface area contributed by atoms with Crippen LogP contribution in [0.4, 0.5) is 0 Å². The van der Waals surface area contributed by atoms with Gasteiger partial charge in [-0.15, -0.1) is 0 Å². The van der Waals surface area contributed by atoms with Gasteiger partial charge in [0, 0.05) is 34.1 Å². The second-order valence-corrected chi connectivity index (χ2v) is 9.88. The molecule has 2 aliphatic carbocycles. The summed E-state index contributed by atoms with van der Waals surface area (Å²) in [7, 11) is 0. The van der Waals surface area contributed by atoms with Crippen molar-refractivity contribution in [3.8, 4) is 11.3 Å². The molecule has 4 aromatic rings. The highest BCUT2D eigenvalue weighted by atomic mass is 14.7. The summed E-state index contributed by atoms with van der Waals surface area (Å²) in [4.78, 5) is 9.60. The number of aromatic nitrogens is 2. The van der Waals surface area contributed by atoms with E-state index in [0.29, 0.717) is 0 Å². The summed E-state index contributed by atoms with van der Waals surface area (Å²) in [6.07, 6.45) is 8.89. The van der Waals surface area contributed by atoms with Gasteiger partial charge in [-0.1, -0.05) is 57.9 Å². The van der Waals surface area contributed by atoms with Crippen LogP contribution in [0.25, 0.3) is 32.9 Å². The lowest BCUT2D eigenvalue weighted by molar-refractivity contribution is 0.536. The zero-order valence-corrected chi connectivity index (χ0v) is 17.4. The Bertz CT molecular complexity index is 1290. The van der Waals surface area contributed by atoms with Gasteiger partial charge >= 0.3 is 0 Å². The van der Waals surface area contributed by atoms with Gasteiger partial charge in [-0.05, 0) is 58.5 Å². The molecular formula is C27H26N2. The molecule has 0 N–H and O–H groups in total. The van der Waals surface area contributed by atoms with Crippen molar-refractivity contribution >= 4 is 21.7 Å². The topological polar surface area (TPSA) is 25.8 Å². The Labute approximate surface area is 172 Å². The van der Waals surface area contributed by atoms with Crippen molar-refractivity contribution in [2.75, 3.05) is 0 Å². The molecule has 2 aliphatic rings. The lowest BCUT2D eigenvalue weighted by Gasteiger charge is -2.39. The Balaban J connectivity index is 1.83. The van der Waals surface area contributed by atoms with E-state index in [1.165, 1.54) is 64.1 Å². The van der Waals surface area contributed by atoms with Crippen molar-refractivity contribution < 1.29 is 0 Å². The SMILES string of the molecule is CC(C)(C)c1cc2c3c(nccc3c1)-c1ccc3ncccc3c1C21CCCC1. The highest BCUT2D eigenvalue weighted by Crippen LogP contribution is 2.57. The van der Waals surface area contributed by atoms with E-state index in [2.05, 4.69) is 68.2 Å². The van der Waals surface area contributed by atoms with Crippen LogP contribution < -0.4 is 0 Å². The average molecular weight is 379 g/mol. The molecule has 2 nitrogen and oxygen atoms in total. The van der Waals surface area contributed by atoms with Gasteiger partial charge in [0.1, 0.15) is 0 Å². The predicted molar refractivity (Wildman–Crippen MR) is 120 cm³/mol. The van der Waals surface area contributed by atoms with Gasteiger partial charge in [0.05, 0.1) is 11.2 Å². The molecule has 0 amide bonds. The minimum atomic E-state index is 0.0768. The Morgan fingerprint density at radius 2 is 1.72 bits per heavy atom. The van der Waals surface area contributed by atoms with Crippen LogP contribution >= 0.6 is 0 Å². The largest absolute Gasteiger partial charge is 0.256 e. The average Bonchev–Trinajstić information content (AvgIpc) is 3.20. The van der Waals surface area contributed by atoms with E-state index in [1.807, 2.05) is 12.4 Å². The molecule has 2 aromatic carbocycles. The molecule has 0 atom stereocenters. The number of rotatable bonds is 0. The molecule has 0 saturated heterocycles. The second-order valence-electron chi connectivity index (χ2n) is 9.88. The molecule has 2 heteroatoms. The van der Waals surface area contributed by atoms with Crippen molar-refractivity contribution in [3.05, 3.63) is 71.5 Å². The van der Waals surface area contributed by atoms with E-state index >= 15 is 0 Å². The highest BCUT2D eigenvalue weighted by Gasteiger charge is 2.45. The third kappa shape index (κ3) is 2.23. The minimum absolute atomic E-state index is 0.0768. The van der Waals surface area contributed by atoms with Crippen LogP contribution in [-0.4, -0.2) is 9.97 Å². The number of nitrogens with zero attached hydrogens (tertiary/aromatic N) is 2. The lowest BCUT2D eigenvalue weighted by Crippen LogP contribution is -2.29. The normalized spacial score (nSPS) is 17.2. The maximum atomic E-state index is 4.91. The molecule has 0 aliphatic heterocycles. The van der Waals surface area contributed by atoms with E-state index in [1.54, 1.807) is 0 Å². The maximum Gasteiger partial charge on any atom is 0.0786 e. The van der Waals surface area contributed by atoms with Crippen LogP contribution in [-0.2, 0) is 10.8 Å². The van der Waals surface area contributed by atoms with Crippen LogP contribution in [0.5, 0.6) is 0 Å². The molecule has 6 rings (SSSR count). The number of pyridine rings is 2. The first-order valence-electron chi connectivity index (χ1n) is 10.8. The number of fused-ring (bicyclic) bond motifs is 6. The van der Waals surface area contributed by atoms with Crippen molar-refractivity contribution in [2.45, 2.75) is 57.3 Å². The third-order valence-corrected chi connectivity index (χ3v) is 7.22. The fraction of sp³-hybridized carbons (Fsp3) is 0.333. The fourth-order valence-electron chi connectivity index (χ4n) is 5.83. The quantitative estimate of drug-likeness (QED) is 0.332. The summed E-state index contributed by atoms with van der Waals surface area (Å²) < 4.78 is 0. The molecule has 1 fully saturated rings. The monoisotopic (exact) mass is 378 g/mol. The Morgan fingerprint density at radius 1 is 0.897 bits per heavy atom. The van der Waals surface area contributed by atoms with Crippen molar-refractivity contribution in [1.82, 2.24) is 9.97 Å². The minimum Gasteiger partial charge on any atom is -0.256 e. The summed E-state index contributed by atoms with van der Waals surface area (Å²) >= 11 is 0. The molecule has 1 saturated carbocycles. The zero-order valence-electron chi connectivity index (χ0n) is 17.4. The molecule has 0 unspecified atom stereocenters. The van der Waals surface area contributed by atoms with Gasteiger partial charge in [0.2, 0.25) is 0 Å². The predicted octanol–water partition coefficient (Wildman–Crippen LogP) is 6.92. The van der Waals surface area contributed by atoms with Crippen LogP contribution in [0.3, 0.4) is 0 Å². The molecule has 0 bridgehead atoms. The summed E-state index contributed by atoms with van der Waals surface area (Å²) in [5.41, 5.74) is 8.15. The summed E-state index contributed by atoms with van der Waals surface area (Å²) in [6.45, 7) is 6.96. The molecule has 1 spiro atoms. The van der Waals surface area contributed by atoms with Crippen LogP contribution in [0.2, 0.25) is 0 Å². The van der Waals surface area contributed by atoms with Gasteiger partial charge in [0.25, 0.3) is 0 Å². The highest BCUT2D eigenvalue weighted by molar-refractivity contribution is 6.05. The fourth-order valence-corrected chi connectivity index (χ4v) is 5.83. The standard InChI is InChI=1S/C27H26N2/c1-26(2,3)18-15-17-10-14-29-25-20-8-9-22-19(7-6-13-28-22)24(20)27(11-4-5-12-27)21(16-18)23(17)25/h6-10,13-16H,4-5,11-12H2,1-3H3. The smallest absolute Gasteiger partial charge is 0.0786 e. The van der Waals surface area contributed by atoms with E-state index in [9.17, 15) is 0 Å². The van der Waals surface area contributed by atoms with Gasteiger partial charge < -0.3 is 0 Å². The Hall–Kier alpha value is -2.74. The van der Waals surface area contributed by atoms with E-state index in [4.69, 9.17) is 4.98 Å². The van der Waals surface area contributed by atoms with Crippen LogP contribution in [0.15, 0.2) is 54.9 Å². The molecule has 2 aromatic heterocycles. The summed E-state index contributed by atoms with van der Waals surface area (Å²) in [5.74, 6) is 0. The Kier molecular flexibility index (Phi) is 3.35. The number of hydrogen-bond acceptors (Lipinski definition) is 2. The summed E-state index contributed by atoms with van der Waals surface area (Å²) in [6, 6.07) is 15.9.